The quantitative estimate of drug-likeness (QED) is 0.659. The van der Waals surface area contributed by atoms with Gasteiger partial charge in [-0.1, -0.05) is 43.6 Å². The first-order valence-electron chi connectivity index (χ1n) is 8.13. The second-order valence-electron chi connectivity index (χ2n) is 6.05. The fourth-order valence-electron chi connectivity index (χ4n) is 2.49. The topological polar surface area (TPSA) is 61.4 Å². The molecule has 0 fully saturated rings. The summed E-state index contributed by atoms with van der Waals surface area (Å²) < 4.78 is 3.80. The molecule has 7 heteroatoms. The van der Waals surface area contributed by atoms with Crippen molar-refractivity contribution in [1.29, 1.82) is 0 Å². The Kier molecular flexibility index (Phi) is 5.25. The summed E-state index contributed by atoms with van der Waals surface area (Å²) in [5, 5.41) is 9.56. The van der Waals surface area contributed by atoms with Crippen LogP contribution in [0.3, 0.4) is 0 Å². The molecule has 2 heterocycles. The first-order valence-corrected chi connectivity index (χ1v) is 8.50. The van der Waals surface area contributed by atoms with Gasteiger partial charge in [0, 0.05) is 23.9 Å². The van der Waals surface area contributed by atoms with Crippen LogP contribution in [0.2, 0.25) is 5.02 Å². The standard InChI is InChI=1S/C17H21ClN6/c1-13(2)17-21-16(8-5-9-23-12-19-11-20-23)24(22-17)10-14-6-3-4-7-15(14)18/h3-4,6-7,11-13H,5,8-10H2,1-2H3. The van der Waals surface area contributed by atoms with Crippen LogP contribution in [0.25, 0.3) is 0 Å². The van der Waals surface area contributed by atoms with E-state index in [2.05, 4.69) is 29.0 Å². The van der Waals surface area contributed by atoms with Gasteiger partial charge in [0.2, 0.25) is 0 Å². The van der Waals surface area contributed by atoms with Gasteiger partial charge in [0.25, 0.3) is 0 Å². The number of aromatic nitrogens is 6. The molecule has 2 aromatic heterocycles. The van der Waals surface area contributed by atoms with E-state index in [4.69, 9.17) is 16.6 Å². The molecule has 0 aliphatic carbocycles. The lowest BCUT2D eigenvalue weighted by atomic mass is 10.2. The van der Waals surface area contributed by atoms with E-state index in [1.807, 2.05) is 33.6 Å². The second kappa shape index (κ2) is 7.57. The molecule has 0 aliphatic heterocycles. The van der Waals surface area contributed by atoms with Crippen LogP contribution in [0.15, 0.2) is 36.9 Å². The number of nitrogens with zero attached hydrogens (tertiary/aromatic N) is 6. The van der Waals surface area contributed by atoms with E-state index in [1.54, 1.807) is 12.7 Å². The molecule has 0 unspecified atom stereocenters. The Morgan fingerprint density at radius 2 is 2.04 bits per heavy atom. The average Bonchev–Trinajstić information content (AvgIpc) is 3.20. The van der Waals surface area contributed by atoms with E-state index >= 15 is 0 Å². The second-order valence-corrected chi connectivity index (χ2v) is 6.46. The Balaban J connectivity index is 1.75. The highest BCUT2D eigenvalue weighted by Crippen LogP contribution is 2.18. The Morgan fingerprint density at radius 3 is 2.75 bits per heavy atom. The predicted octanol–water partition coefficient (Wildman–Crippen LogP) is 3.33. The summed E-state index contributed by atoms with van der Waals surface area (Å²) in [6, 6.07) is 7.86. The van der Waals surface area contributed by atoms with Gasteiger partial charge >= 0.3 is 0 Å². The van der Waals surface area contributed by atoms with Crippen molar-refractivity contribution < 1.29 is 0 Å². The van der Waals surface area contributed by atoms with Gasteiger partial charge in [-0.05, 0) is 18.1 Å². The lowest BCUT2D eigenvalue weighted by Gasteiger charge is -2.07. The summed E-state index contributed by atoms with van der Waals surface area (Å²) in [6.45, 7) is 5.66. The number of benzene rings is 1. The zero-order valence-electron chi connectivity index (χ0n) is 13.9. The van der Waals surface area contributed by atoms with E-state index < -0.39 is 0 Å². The fourth-order valence-corrected chi connectivity index (χ4v) is 2.68. The number of aryl methyl sites for hydroxylation is 2. The van der Waals surface area contributed by atoms with Crippen molar-refractivity contribution in [1.82, 2.24) is 29.5 Å². The van der Waals surface area contributed by atoms with E-state index in [-0.39, 0.29) is 0 Å². The van der Waals surface area contributed by atoms with Crippen molar-refractivity contribution in [3.63, 3.8) is 0 Å². The zero-order chi connectivity index (χ0) is 16.9. The molecule has 0 amide bonds. The zero-order valence-corrected chi connectivity index (χ0v) is 14.7. The van der Waals surface area contributed by atoms with Gasteiger partial charge in [-0.2, -0.15) is 10.2 Å². The van der Waals surface area contributed by atoms with Crippen molar-refractivity contribution in [2.45, 2.75) is 45.7 Å². The van der Waals surface area contributed by atoms with E-state index in [9.17, 15) is 0 Å². The monoisotopic (exact) mass is 344 g/mol. The summed E-state index contributed by atoms with van der Waals surface area (Å²) in [5.74, 6) is 2.16. The molecule has 0 N–H and O–H groups in total. The van der Waals surface area contributed by atoms with E-state index in [1.165, 1.54) is 0 Å². The molecule has 6 nitrogen and oxygen atoms in total. The minimum Gasteiger partial charge on any atom is -0.253 e. The van der Waals surface area contributed by atoms with Gasteiger partial charge in [-0.3, -0.25) is 4.68 Å². The highest BCUT2D eigenvalue weighted by Gasteiger charge is 2.13. The highest BCUT2D eigenvalue weighted by atomic mass is 35.5. The molecule has 24 heavy (non-hydrogen) atoms. The number of halogens is 1. The molecule has 0 atom stereocenters. The van der Waals surface area contributed by atoms with Crippen molar-refractivity contribution in [2.75, 3.05) is 0 Å². The lowest BCUT2D eigenvalue weighted by Crippen LogP contribution is -2.09. The van der Waals surface area contributed by atoms with Gasteiger partial charge < -0.3 is 0 Å². The largest absolute Gasteiger partial charge is 0.253 e. The molecule has 3 rings (SSSR count). The molecule has 3 aromatic rings. The first-order chi connectivity index (χ1) is 11.6. The molecular weight excluding hydrogens is 324 g/mol. The molecule has 0 aliphatic rings. The van der Waals surface area contributed by atoms with Gasteiger partial charge in [0.1, 0.15) is 18.5 Å². The van der Waals surface area contributed by atoms with Gasteiger partial charge in [0.15, 0.2) is 5.82 Å². The SMILES string of the molecule is CC(C)c1nc(CCCn2cncn2)n(Cc2ccccc2Cl)n1. The van der Waals surface area contributed by atoms with Crippen LogP contribution in [-0.4, -0.2) is 29.5 Å². The number of hydrogen-bond acceptors (Lipinski definition) is 4. The molecular formula is C17H21ClN6. The maximum atomic E-state index is 6.29. The van der Waals surface area contributed by atoms with Crippen molar-refractivity contribution in [2.24, 2.45) is 0 Å². The normalized spacial score (nSPS) is 11.3. The van der Waals surface area contributed by atoms with E-state index in [0.717, 1.165) is 41.6 Å². The van der Waals surface area contributed by atoms with Crippen LogP contribution in [0.1, 0.15) is 43.4 Å². The Hall–Kier alpha value is -2.21. The number of rotatable bonds is 7. The molecule has 0 radical (unpaired) electrons. The lowest BCUT2D eigenvalue weighted by molar-refractivity contribution is 0.549. The summed E-state index contributed by atoms with van der Waals surface area (Å²) >= 11 is 6.29. The average molecular weight is 345 g/mol. The summed E-state index contributed by atoms with van der Waals surface area (Å²) in [4.78, 5) is 8.68. The van der Waals surface area contributed by atoms with Crippen LogP contribution in [0.5, 0.6) is 0 Å². The third-order valence-corrected chi connectivity index (χ3v) is 4.18. The summed E-state index contributed by atoms with van der Waals surface area (Å²) in [5.41, 5.74) is 1.05. The van der Waals surface area contributed by atoms with Crippen molar-refractivity contribution in [3.05, 3.63) is 59.2 Å². The molecule has 0 saturated heterocycles. The van der Waals surface area contributed by atoms with Gasteiger partial charge in [-0.15, -0.1) is 0 Å². The minimum absolute atomic E-state index is 0.298. The van der Waals surface area contributed by atoms with Crippen LogP contribution < -0.4 is 0 Å². The Labute approximate surface area is 146 Å². The maximum absolute atomic E-state index is 6.29. The van der Waals surface area contributed by atoms with Crippen LogP contribution in [0.4, 0.5) is 0 Å². The first kappa shape index (κ1) is 16.6. The van der Waals surface area contributed by atoms with Gasteiger partial charge in [0.05, 0.1) is 6.54 Å². The summed E-state index contributed by atoms with van der Waals surface area (Å²) in [7, 11) is 0. The maximum Gasteiger partial charge on any atom is 0.153 e. The Morgan fingerprint density at radius 1 is 1.21 bits per heavy atom. The third-order valence-electron chi connectivity index (χ3n) is 3.81. The molecule has 0 bridgehead atoms. The van der Waals surface area contributed by atoms with Crippen LogP contribution in [0, 0.1) is 0 Å². The summed E-state index contributed by atoms with van der Waals surface area (Å²) in [6.07, 6.45) is 5.05. The van der Waals surface area contributed by atoms with Crippen molar-refractivity contribution >= 4 is 11.6 Å². The van der Waals surface area contributed by atoms with Gasteiger partial charge in [-0.25, -0.2) is 14.6 Å². The minimum atomic E-state index is 0.298. The fraction of sp³-hybridized carbons (Fsp3) is 0.412. The van der Waals surface area contributed by atoms with Crippen LogP contribution >= 0.6 is 11.6 Å². The molecule has 1 aromatic carbocycles. The highest BCUT2D eigenvalue weighted by molar-refractivity contribution is 6.31. The Bertz CT molecular complexity index is 778. The third kappa shape index (κ3) is 4.00. The molecule has 126 valence electrons. The molecule has 0 spiro atoms. The predicted molar refractivity (Wildman–Crippen MR) is 93.0 cm³/mol. The molecule has 0 saturated carbocycles. The van der Waals surface area contributed by atoms with Crippen molar-refractivity contribution in [3.8, 4) is 0 Å². The van der Waals surface area contributed by atoms with Crippen LogP contribution in [-0.2, 0) is 19.5 Å². The van der Waals surface area contributed by atoms with E-state index in [0.29, 0.717) is 12.5 Å². The smallest absolute Gasteiger partial charge is 0.153 e. The number of hydrogen-bond donors (Lipinski definition) is 0.